The lowest BCUT2D eigenvalue weighted by Crippen LogP contribution is -2.00. The Bertz CT molecular complexity index is 331. The van der Waals surface area contributed by atoms with Crippen molar-refractivity contribution in [3.8, 4) is 5.75 Å². The molecule has 1 aromatic rings. The van der Waals surface area contributed by atoms with E-state index in [-0.39, 0.29) is 0 Å². The van der Waals surface area contributed by atoms with Gasteiger partial charge in [-0.15, -0.1) is 0 Å². The van der Waals surface area contributed by atoms with E-state index in [1.807, 2.05) is 12.1 Å². The van der Waals surface area contributed by atoms with Crippen molar-refractivity contribution in [3.05, 3.63) is 27.2 Å². The SMILES string of the molecule is COc1c(Cl)cc(Br)cc1CCCCN. The van der Waals surface area contributed by atoms with E-state index in [4.69, 9.17) is 22.1 Å². The topological polar surface area (TPSA) is 35.2 Å². The van der Waals surface area contributed by atoms with Gasteiger partial charge >= 0.3 is 0 Å². The normalized spacial score (nSPS) is 10.4. The van der Waals surface area contributed by atoms with Gasteiger partial charge in [-0.2, -0.15) is 0 Å². The Morgan fingerprint density at radius 1 is 1.40 bits per heavy atom. The minimum atomic E-state index is 0.648. The molecule has 0 saturated carbocycles. The van der Waals surface area contributed by atoms with Crippen LogP contribution in [0.2, 0.25) is 5.02 Å². The van der Waals surface area contributed by atoms with Crippen LogP contribution in [0.25, 0.3) is 0 Å². The average molecular weight is 293 g/mol. The summed E-state index contributed by atoms with van der Waals surface area (Å²) >= 11 is 9.49. The molecule has 0 saturated heterocycles. The second kappa shape index (κ2) is 6.36. The molecule has 0 radical (unpaired) electrons. The van der Waals surface area contributed by atoms with Crippen LogP contribution in [0.4, 0.5) is 0 Å². The first-order valence-corrected chi connectivity index (χ1v) is 6.08. The van der Waals surface area contributed by atoms with Crippen molar-refractivity contribution >= 4 is 27.5 Å². The third-order valence-corrected chi connectivity index (χ3v) is 2.93. The van der Waals surface area contributed by atoms with E-state index >= 15 is 0 Å². The standard InChI is InChI=1S/C11H15BrClNO/c1-15-11-8(4-2-3-5-14)6-9(12)7-10(11)13/h6-7H,2-5,14H2,1H3. The molecule has 1 rings (SSSR count). The van der Waals surface area contributed by atoms with Gasteiger partial charge in [-0.05, 0) is 43.5 Å². The molecule has 0 heterocycles. The number of hydrogen-bond acceptors (Lipinski definition) is 2. The van der Waals surface area contributed by atoms with E-state index in [2.05, 4.69) is 15.9 Å². The summed E-state index contributed by atoms with van der Waals surface area (Å²) in [4.78, 5) is 0. The zero-order valence-electron chi connectivity index (χ0n) is 8.72. The smallest absolute Gasteiger partial charge is 0.140 e. The highest BCUT2D eigenvalue weighted by atomic mass is 79.9. The van der Waals surface area contributed by atoms with Gasteiger partial charge in [0.2, 0.25) is 0 Å². The van der Waals surface area contributed by atoms with Crippen molar-refractivity contribution in [3.63, 3.8) is 0 Å². The highest BCUT2D eigenvalue weighted by Crippen LogP contribution is 2.33. The van der Waals surface area contributed by atoms with Gasteiger partial charge in [0.15, 0.2) is 0 Å². The van der Waals surface area contributed by atoms with E-state index in [9.17, 15) is 0 Å². The Morgan fingerprint density at radius 3 is 2.73 bits per heavy atom. The zero-order chi connectivity index (χ0) is 11.3. The van der Waals surface area contributed by atoms with Gasteiger partial charge in [0, 0.05) is 4.47 Å². The fourth-order valence-electron chi connectivity index (χ4n) is 1.49. The number of benzene rings is 1. The number of rotatable bonds is 5. The maximum Gasteiger partial charge on any atom is 0.140 e. The van der Waals surface area contributed by atoms with Crippen molar-refractivity contribution in [2.24, 2.45) is 5.73 Å². The van der Waals surface area contributed by atoms with Crippen molar-refractivity contribution in [2.75, 3.05) is 13.7 Å². The molecule has 84 valence electrons. The van der Waals surface area contributed by atoms with Gasteiger partial charge in [0.25, 0.3) is 0 Å². The lowest BCUT2D eigenvalue weighted by molar-refractivity contribution is 0.409. The average Bonchev–Trinajstić information content (AvgIpc) is 2.17. The molecule has 0 aliphatic carbocycles. The summed E-state index contributed by atoms with van der Waals surface area (Å²) in [7, 11) is 1.64. The molecule has 15 heavy (non-hydrogen) atoms. The second-order valence-corrected chi connectivity index (χ2v) is 4.65. The van der Waals surface area contributed by atoms with E-state index in [0.717, 1.165) is 41.6 Å². The number of ether oxygens (including phenoxy) is 1. The fourth-order valence-corrected chi connectivity index (χ4v) is 2.44. The summed E-state index contributed by atoms with van der Waals surface area (Å²) in [5.41, 5.74) is 6.59. The van der Waals surface area contributed by atoms with Gasteiger partial charge in [0.1, 0.15) is 5.75 Å². The molecule has 2 nitrogen and oxygen atoms in total. The number of aryl methyl sites for hydroxylation is 1. The number of halogens is 2. The molecule has 0 spiro atoms. The predicted octanol–water partition coefficient (Wildman–Crippen LogP) is 3.39. The molecule has 2 N–H and O–H groups in total. The van der Waals surface area contributed by atoms with Crippen LogP contribution in [0.1, 0.15) is 18.4 Å². The molecule has 0 aliphatic rings. The zero-order valence-corrected chi connectivity index (χ0v) is 11.1. The van der Waals surface area contributed by atoms with Crippen LogP contribution in [0, 0.1) is 0 Å². The Morgan fingerprint density at radius 2 is 2.13 bits per heavy atom. The summed E-state index contributed by atoms with van der Waals surface area (Å²) in [6.07, 6.45) is 3.02. The van der Waals surface area contributed by atoms with Crippen LogP contribution in [-0.2, 0) is 6.42 Å². The van der Waals surface area contributed by atoms with Crippen LogP contribution >= 0.6 is 27.5 Å². The highest BCUT2D eigenvalue weighted by molar-refractivity contribution is 9.10. The van der Waals surface area contributed by atoms with Gasteiger partial charge in [-0.25, -0.2) is 0 Å². The summed E-state index contributed by atoms with van der Waals surface area (Å²) in [5.74, 6) is 0.775. The van der Waals surface area contributed by atoms with Gasteiger partial charge < -0.3 is 10.5 Å². The molecule has 0 unspecified atom stereocenters. The van der Waals surface area contributed by atoms with E-state index in [1.54, 1.807) is 7.11 Å². The lowest BCUT2D eigenvalue weighted by Gasteiger charge is -2.10. The number of hydrogen-bond donors (Lipinski definition) is 1. The van der Waals surface area contributed by atoms with Crippen LogP contribution in [0.3, 0.4) is 0 Å². The molecule has 0 bridgehead atoms. The Labute approximate surface area is 104 Å². The largest absolute Gasteiger partial charge is 0.495 e. The van der Waals surface area contributed by atoms with Crippen molar-refractivity contribution in [1.82, 2.24) is 0 Å². The van der Waals surface area contributed by atoms with Crippen LogP contribution in [-0.4, -0.2) is 13.7 Å². The molecule has 1 aromatic carbocycles. The summed E-state index contributed by atoms with van der Waals surface area (Å²) in [6.45, 7) is 0.726. The lowest BCUT2D eigenvalue weighted by atomic mass is 10.1. The molecular weight excluding hydrogens is 277 g/mol. The number of unbranched alkanes of at least 4 members (excludes halogenated alkanes) is 1. The van der Waals surface area contributed by atoms with Crippen LogP contribution in [0.15, 0.2) is 16.6 Å². The second-order valence-electron chi connectivity index (χ2n) is 3.33. The summed E-state index contributed by atoms with van der Waals surface area (Å²) < 4.78 is 6.26. The van der Waals surface area contributed by atoms with Crippen molar-refractivity contribution in [1.29, 1.82) is 0 Å². The number of methoxy groups -OCH3 is 1. The van der Waals surface area contributed by atoms with E-state index in [0.29, 0.717) is 5.02 Å². The first-order chi connectivity index (χ1) is 7.19. The summed E-state index contributed by atoms with van der Waals surface area (Å²) in [6, 6.07) is 3.88. The van der Waals surface area contributed by atoms with E-state index < -0.39 is 0 Å². The van der Waals surface area contributed by atoms with E-state index in [1.165, 1.54) is 0 Å². The minimum Gasteiger partial charge on any atom is -0.495 e. The Balaban J connectivity index is 2.84. The van der Waals surface area contributed by atoms with Crippen LogP contribution in [0.5, 0.6) is 5.75 Å². The van der Waals surface area contributed by atoms with Crippen molar-refractivity contribution in [2.45, 2.75) is 19.3 Å². The first-order valence-electron chi connectivity index (χ1n) is 4.91. The maximum atomic E-state index is 6.07. The molecule has 0 atom stereocenters. The van der Waals surface area contributed by atoms with Gasteiger partial charge in [0.05, 0.1) is 12.1 Å². The molecule has 0 fully saturated rings. The van der Waals surface area contributed by atoms with Crippen LogP contribution < -0.4 is 10.5 Å². The predicted molar refractivity (Wildman–Crippen MR) is 67.7 cm³/mol. The quantitative estimate of drug-likeness (QED) is 0.844. The third-order valence-electron chi connectivity index (χ3n) is 2.19. The highest BCUT2D eigenvalue weighted by Gasteiger charge is 2.08. The Kier molecular flexibility index (Phi) is 5.43. The summed E-state index contributed by atoms with van der Waals surface area (Å²) in [5, 5.41) is 0.648. The fraction of sp³-hybridized carbons (Fsp3) is 0.455. The minimum absolute atomic E-state index is 0.648. The molecule has 0 aromatic heterocycles. The van der Waals surface area contributed by atoms with Crippen molar-refractivity contribution < 1.29 is 4.74 Å². The maximum absolute atomic E-state index is 6.07. The number of nitrogens with two attached hydrogens (primary N) is 1. The third kappa shape index (κ3) is 3.67. The van der Waals surface area contributed by atoms with Gasteiger partial charge in [-0.1, -0.05) is 27.5 Å². The molecule has 0 aliphatic heterocycles. The molecular formula is C11H15BrClNO. The Hall–Kier alpha value is -0.250. The van der Waals surface area contributed by atoms with Gasteiger partial charge in [-0.3, -0.25) is 0 Å². The molecule has 0 amide bonds. The monoisotopic (exact) mass is 291 g/mol. The molecule has 4 heteroatoms. The first kappa shape index (κ1) is 12.8.